The van der Waals surface area contributed by atoms with E-state index in [4.69, 9.17) is 9.84 Å². The van der Waals surface area contributed by atoms with Crippen LogP contribution in [0, 0.1) is 11.3 Å². The van der Waals surface area contributed by atoms with Crippen LogP contribution in [0.15, 0.2) is 36.4 Å². The number of ether oxygens (including phenoxy) is 1. The zero-order chi connectivity index (χ0) is 25.0. The number of carboxylic acid groups (broad SMARTS) is 1. The molecule has 0 amide bonds. The highest BCUT2D eigenvalue weighted by molar-refractivity contribution is 5.98. The number of carbonyl (C=O) groups is 1. The minimum absolute atomic E-state index is 0.0894. The number of pyridine rings is 1. The number of carboxylic acids is 1. The Morgan fingerprint density at radius 2 is 1.89 bits per heavy atom. The normalized spacial score (nSPS) is 22.4. The van der Waals surface area contributed by atoms with Crippen molar-refractivity contribution in [2.75, 3.05) is 50.8 Å². The summed E-state index contributed by atoms with van der Waals surface area (Å²) in [5, 5.41) is 16.0. The lowest BCUT2D eigenvalue weighted by Gasteiger charge is -2.49. The van der Waals surface area contributed by atoms with E-state index in [1.165, 1.54) is 32.5 Å². The fraction of sp³-hybridized carbons (Fsp3) is 0.552. The standard InChI is InChI=1S/C29H35N5O3/c35-28(36)23-15-24(33-12-9-20(10-13-33)16-32-17-29(18-32)11-14-37-19-29)25-26(21-5-4-6-21)31-34(27(25)30-23)22-7-2-1-3-8-22/h1-3,7-8,15,20-21H,4-6,9-14,16-19H2,(H,35,36). The maximum Gasteiger partial charge on any atom is 0.354 e. The van der Waals surface area contributed by atoms with Crippen LogP contribution in [0.3, 0.4) is 0 Å². The second kappa shape index (κ2) is 9.10. The van der Waals surface area contributed by atoms with E-state index in [-0.39, 0.29) is 5.69 Å². The van der Waals surface area contributed by atoms with Crippen LogP contribution < -0.4 is 4.90 Å². The SMILES string of the molecule is O=C(O)c1cc(N2CCC(CN3CC4(CCOC4)C3)CC2)c2c(C3CCC3)nn(-c3ccccc3)c2n1. The zero-order valence-electron chi connectivity index (χ0n) is 21.3. The van der Waals surface area contributed by atoms with E-state index < -0.39 is 5.97 Å². The molecule has 1 saturated carbocycles. The third-order valence-corrected chi connectivity index (χ3v) is 9.13. The van der Waals surface area contributed by atoms with Gasteiger partial charge in [0.05, 0.1) is 29.1 Å². The topological polar surface area (TPSA) is 83.7 Å². The number of benzene rings is 1. The number of anilines is 1. The molecule has 0 atom stereocenters. The van der Waals surface area contributed by atoms with Gasteiger partial charge in [0.2, 0.25) is 0 Å². The number of aromatic carboxylic acids is 1. The highest BCUT2D eigenvalue weighted by atomic mass is 16.5. The van der Waals surface area contributed by atoms with E-state index in [9.17, 15) is 9.90 Å². The van der Waals surface area contributed by atoms with Crippen molar-refractivity contribution in [3.05, 3.63) is 47.8 Å². The molecular weight excluding hydrogens is 466 g/mol. The number of aromatic nitrogens is 3. The highest BCUT2D eigenvalue weighted by Gasteiger charge is 2.46. The van der Waals surface area contributed by atoms with Gasteiger partial charge in [0, 0.05) is 50.7 Å². The Kier molecular flexibility index (Phi) is 5.70. The van der Waals surface area contributed by atoms with Crippen molar-refractivity contribution in [3.63, 3.8) is 0 Å². The minimum atomic E-state index is -0.994. The summed E-state index contributed by atoms with van der Waals surface area (Å²) >= 11 is 0. The molecular formula is C29H35N5O3. The van der Waals surface area contributed by atoms with E-state index in [0.29, 0.717) is 22.9 Å². The van der Waals surface area contributed by atoms with Crippen molar-refractivity contribution >= 4 is 22.7 Å². The summed E-state index contributed by atoms with van der Waals surface area (Å²) in [4.78, 5) is 21.8. The number of fused-ring (bicyclic) bond motifs is 1. The largest absolute Gasteiger partial charge is 0.477 e. The molecule has 3 saturated heterocycles. The average Bonchev–Trinajstić information content (AvgIpc) is 3.49. The summed E-state index contributed by atoms with van der Waals surface area (Å²) in [5.41, 5.74) is 4.18. The Morgan fingerprint density at radius 3 is 2.54 bits per heavy atom. The Bertz CT molecular complexity index is 1300. The molecule has 0 bridgehead atoms. The minimum Gasteiger partial charge on any atom is -0.477 e. The molecule has 5 heterocycles. The van der Waals surface area contributed by atoms with E-state index in [2.05, 4.69) is 14.8 Å². The number of hydrogen-bond acceptors (Lipinski definition) is 6. The first kappa shape index (κ1) is 23.2. The molecule has 1 spiro atoms. The third kappa shape index (κ3) is 4.10. The smallest absolute Gasteiger partial charge is 0.354 e. The van der Waals surface area contributed by atoms with Crippen LogP contribution in [-0.2, 0) is 4.74 Å². The lowest BCUT2D eigenvalue weighted by molar-refractivity contribution is -0.0179. The van der Waals surface area contributed by atoms with Gasteiger partial charge < -0.3 is 19.6 Å². The van der Waals surface area contributed by atoms with Gasteiger partial charge in [-0.3, -0.25) is 0 Å². The summed E-state index contributed by atoms with van der Waals surface area (Å²) in [5.74, 6) is 0.108. The van der Waals surface area contributed by atoms with Gasteiger partial charge in [-0.15, -0.1) is 0 Å². The van der Waals surface area contributed by atoms with Crippen molar-refractivity contribution in [2.45, 2.75) is 44.4 Å². The molecule has 3 aromatic rings. The Balaban J connectivity index is 1.18. The first-order valence-corrected chi connectivity index (χ1v) is 13.9. The summed E-state index contributed by atoms with van der Waals surface area (Å²) in [6.07, 6.45) is 6.94. The molecule has 1 aliphatic carbocycles. The molecule has 1 N–H and O–H groups in total. The number of rotatable bonds is 6. The highest BCUT2D eigenvalue weighted by Crippen LogP contribution is 2.44. The lowest BCUT2D eigenvalue weighted by Crippen LogP contribution is -2.58. The van der Waals surface area contributed by atoms with Crippen molar-refractivity contribution in [3.8, 4) is 5.69 Å². The van der Waals surface area contributed by atoms with E-state index in [0.717, 1.165) is 74.4 Å². The molecule has 7 rings (SSSR count). The second-order valence-electron chi connectivity index (χ2n) is 11.7. The Morgan fingerprint density at radius 1 is 1.11 bits per heavy atom. The Labute approximate surface area is 217 Å². The van der Waals surface area contributed by atoms with E-state index >= 15 is 0 Å². The van der Waals surface area contributed by atoms with Gasteiger partial charge in [-0.25, -0.2) is 14.5 Å². The fourth-order valence-electron chi connectivity index (χ4n) is 6.85. The number of nitrogens with zero attached hydrogens (tertiary/aromatic N) is 5. The number of hydrogen-bond donors (Lipinski definition) is 1. The fourth-order valence-corrected chi connectivity index (χ4v) is 6.85. The van der Waals surface area contributed by atoms with Crippen molar-refractivity contribution < 1.29 is 14.6 Å². The number of piperidine rings is 1. The van der Waals surface area contributed by atoms with Crippen molar-refractivity contribution in [2.24, 2.45) is 11.3 Å². The number of para-hydroxylation sites is 1. The molecule has 0 radical (unpaired) electrons. The molecule has 2 aromatic heterocycles. The second-order valence-corrected chi connectivity index (χ2v) is 11.7. The Hall–Kier alpha value is -2.97. The van der Waals surface area contributed by atoms with Gasteiger partial charge >= 0.3 is 5.97 Å². The van der Waals surface area contributed by atoms with Crippen LogP contribution in [-0.4, -0.2) is 76.7 Å². The third-order valence-electron chi connectivity index (χ3n) is 9.13. The summed E-state index contributed by atoms with van der Waals surface area (Å²) in [6.45, 7) is 7.27. The van der Waals surface area contributed by atoms with Gasteiger partial charge in [-0.2, -0.15) is 5.10 Å². The molecule has 194 valence electrons. The average molecular weight is 502 g/mol. The maximum absolute atomic E-state index is 12.1. The predicted molar refractivity (Wildman–Crippen MR) is 142 cm³/mol. The molecule has 1 aromatic carbocycles. The monoisotopic (exact) mass is 501 g/mol. The van der Waals surface area contributed by atoms with Crippen LogP contribution >= 0.6 is 0 Å². The van der Waals surface area contributed by atoms with E-state index in [1.54, 1.807) is 6.07 Å². The first-order chi connectivity index (χ1) is 18.1. The molecule has 37 heavy (non-hydrogen) atoms. The number of likely N-dealkylation sites (tertiary alicyclic amines) is 1. The molecule has 8 heteroatoms. The molecule has 8 nitrogen and oxygen atoms in total. The first-order valence-electron chi connectivity index (χ1n) is 13.9. The summed E-state index contributed by atoms with van der Waals surface area (Å²) < 4.78 is 7.51. The van der Waals surface area contributed by atoms with Crippen LogP contribution in [0.4, 0.5) is 5.69 Å². The molecule has 4 aliphatic rings. The van der Waals surface area contributed by atoms with Crippen LogP contribution in [0.5, 0.6) is 0 Å². The quantitative estimate of drug-likeness (QED) is 0.538. The van der Waals surface area contributed by atoms with Crippen LogP contribution in [0.25, 0.3) is 16.7 Å². The molecule has 3 aliphatic heterocycles. The van der Waals surface area contributed by atoms with E-state index in [1.807, 2.05) is 35.0 Å². The maximum atomic E-state index is 12.1. The van der Waals surface area contributed by atoms with Gasteiger partial charge in [-0.1, -0.05) is 24.6 Å². The van der Waals surface area contributed by atoms with Gasteiger partial charge in [0.25, 0.3) is 0 Å². The van der Waals surface area contributed by atoms with Gasteiger partial charge in [0.1, 0.15) is 0 Å². The summed E-state index contributed by atoms with van der Waals surface area (Å²) in [7, 11) is 0. The predicted octanol–water partition coefficient (Wildman–Crippen LogP) is 4.32. The molecule has 4 fully saturated rings. The van der Waals surface area contributed by atoms with Crippen molar-refractivity contribution in [1.29, 1.82) is 0 Å². The lowest BCUT2D eigenvalue weighted by atomic mass is 9.78. The van der Waals surface area contributed by atoms with Crippen molar-refractivity contribution in [1.82, 2.24) is 19.7 Å². The van der Waals surface area contributed by atoms with Gasteiger partial charge in [-0.05, 0) is 56.2 Å². The van der Waals surface area contributed by atoms with Crippen LogP contribution in [0.2, 0.25) is 0 Å². The summed E-state index contributed by atoms with van der Waals surface area (Å²) in [6, 6.07) is 11.8. The molecule has 0 unspecified atom stereocenters. The zero-order valence-corrected chi connectivity index (χ0v) is 21.3. The van der Waals surface area contributed by atoms with Crippen LogP contribution in [0.1, 0.15) is 60.6 Å². The van der Waals surface area contributed by atoms with Gasteiger partial charge in [0.15, 0.2) is 11.3 Å².